The zero-order valence-electron chi connectivity index (χ0n) is 14.0. The number of benzene rings is 2. The molecule has 2 aromatic carbocycles. The van der Waals surface area contributed by atoms with Gasteiger partial charge in [0.05, 0.1) is 11.4 Å². The molecular weight excluding hydrogens is 322 g/mol. The third-order valence-corrected chi connectivity index (χ3v) is 5.30. The molecule has 130 valence electrons. The first kappa shape index (κ1) is 18.6. The topological polar surface area (TPSA) is 66.4 Å². The van der Waals surface area contributed by atoms with Crippen LogP contribution in [0.3, 0.4) is 0 Å². The zero-order chi connectivity index (χ0) is 17.5. The van der Waals surface area contributed by atoms with Gasteiger partial charge in [0.25, 0.3) is 0 Å². The van der Waals surface area contributed by atoms with E-state index in [9.17, 15) is 13.5 Å². The van der Waals surface area contributed by atoms with Crippen LogP contribution < -0.4 is 4.72 Å². The van der Waals surface area contributed by atoms with Crippen molar-refractivity contribution in [2.24, 2.45) is 0 Å². The molecule has 0 saturated heterocycles. The molecule has 0 heterocycles. The second-order valence-electron chi connectivity index (χ2n) is 6.36. The van der Waals surface area contributed by atoms with Gasteiger partial charge in [-0.05, 0) is 37.3 Å². The van der Waals surface area contributed by atoms with Crippen LogP contribution in [0.25, 0.3) is 0 Å². The molecule has 1 unspecified atom stereocenters. The van der Waals surface area contributed by atoms with Gasteiger partial charge in [0.15, 0.2) is 0 Å². The van der Waals surface area contributed by atoms with E-state index in [4.69, 9.17) is 0 Å². The lowest BCUT2D eigenvalue weighted by Gasteiger charge is -2.23. The predicted molar refractivity (Wildman–Crippen MR) is 97.3 cm³/mol. The lowest BCUT2D eigenvalue weighted by molar-refractivity contribution is 0.0565. The Morgan fingerprint density at radius 3 is 1.96 bits per heavy atom. The monoisotopic (exact) mass is 347 g/mol. The molecule has 0 radical (unpaired) electrons. The molecule has 2 N–H and O–H groups in total. The standard InChI is InChI=1S/C19H25NO3S/c1-19(21,14-12-17-8-4-2-5-9-17)16-20-24(22,23)15-13-18-10-6-3-7-11-18/h2-11,20-21H,12-16H2,1H3. The molecule has 5 heteroatoms. The summed E-state index contributed by atoms with van der Waals surface area (Å²) < 4.78 is 26.7. The number of hydrogen-bond donors (Lipinski definition) is 2. The van der Waals surface area contributed by atoms with E-state index in [1.807, 2.05) is 60.7 Å². The second-order valence-corrected chi connectivity index (χ2v) is 8.28. The average Bonchev–Trinajstić information content (AvgIpc) is 2.59. The van der Waals surface area contributed by atoms with Crippen LogP contribution in [-0.4, -0.2) is 31.4 Å². The van der Waals surface area contributed by atoms with Crippen LogP contribution >= 0.6 is 0 Å². The van der Waals surface area contributed by atoms with Gasteiger partial charge in [0, 0.05) is 6.54 Å². The molecule has 0 aliphatic rings. The third kappa shape index (κ3) is 6.83. The molecule has 0 fully saturated rings. The van der Waals surface area contributed by atoms with Crippen LogP contribution in [0.4, 0.5) is 0 Å². The number of rotatable bonds is 9. The normalized spacial score (nSPS) is 14.2. The van der Waals surface area contributed by atoms with E-state index >= 15 is 0 Å². The summed E-state index contributed by atoms with van der Waals surface area (Å²) in [5.41, 5.74) is 1.04. The molecule has 0 saturated carbocycles. The molecule has 24 heavy (non-hydrogen) atoms. The Labute approximate surface area is 144 Å². The van der Waals surface area contributed by atoms with Crippen LogP contribution in [0.2, 0.25) is 0 Å². The molecule has 2 aromatic rings. The summed E-state index contributed by atoms with van der Waals surface area (Å²) in [5.74, 6) is 0.0196. The SMILES string of the molecule is CC(O)(CCc1ccccc1)CNS(=O)(=O)CCc1ccccc1. The molecule has 1 atom stereocenters. The van der Waals surface area contributed by atoms with Crippen molar-refractivity contribution in [3.8, 4) is 0 Å². The highest BCUT2D eigenvalue weighted by molar-refractivity contribution is 7.89. The highest BCUT2D eigenvalue weighted by Gasteiger charge is 2.23. The third-order valence-electron chi connectivity index (χ3n) is 3.97. The minimum Gasteiger partial charge on any atom is -0.389 e. The summed E-state index contributed by atoms with van der Waals surface area (Å²) in [6, 6.07) is 19.4. The van der Waals surface area contributed by atoms with Crippen molar-refractivity contribution < 1.29 is 13.5 Å². The van der Waals surface area contributed by atoms with E-state index in [1.165, 1.54) is 0 Å². The Bertz CT molecular complexity index is 713. The first-order chi connectivity index (χ1) is 11.4. The maximum absolute atomic E-state index is 12.1. The van der Waals surface area contributed by atoms with Crippen molar-refractivity contribution in [3.63, 3.8) is 0 Å². The average molecular weight is 347 g/mol. The summed E-state index contributed by atoms with van der Waals surface area (Å²) in [6.45, 7) is 1.69. The summed E-state index contributed by atoms with van der Waals surface area (Å²) >= 11 is 0. The Morgan fingerprint density at radius 2 is 1.42 bits per heavy atom. The Hall–Kier alpha value is -1.69. The van der Waals surface area contributed by atoms with Gasteiger partial charge < -0.3 is 5.11 Å². The fraction of sp³-hybridized carbons (Fsp3) is 0.368. The fourth-order valence-corrected chi connectivity index (χ4v) is 3.56. The summed E-state index contributed by atoms with van der Waals surface area (Å²) in [4.78, 5) is 0. The molecule has 0 aliphatic heterocycles. The maximum Gasteiger partial charge on any atom is 0.212 e. The smallest absolute Gasteiger partial charge is 0.212 e. The van der Waals surface area contributed by atoms with Crippen LogP contribution in [0, 0.1) is 0 Å². The van der Waals surface area contributed by atoms with E-state index in [1.54, 1.807) is 6.92 Å². The van der Waals surface area contributed by atoms with E-state index in [2.05, 4.69) is 4.72 Å². The lowest BCUT2D eigenvalue weighted by atomic mass is 9.97. The first-order valence-corrected chi connectivity index (χ1v) is 9.79. The van der Waals surface area contributed by atoms with E-state index in [0.29, 0.717) is 19.3 Å². The van der Waals surface area contributed by atoms with Crippen molar-refractivity contribution in [2.75, 3.05) is 12.3 Å². The summed E-state index contributed by atoms with van der Waals surface area (Å²) in [7, 11) is -3.41. The van der Waals surface area contributed by atoms with Crippen molar-refractivity contribution in [3.05, 3.63) is 71.8 Å². The molecular formula is C19H25NO3S. The minimum absolute atomic E-state index is 0.0196. The summed E-state index contributed by atoms with van der Waals surface area (Å²) in [5, 5.41) is 10.4. The maximum atomic E-state index is 12.1. The molecule has 0 spiro atoms. The van der Waals surface area contributed by atoms with Gasteiger partial charge in [-0.2, -0.15) is 0 Å². The fourth-order valence-electron chi connectivity index (χ4n) is 2.38. The Balaban J connectivity index is 1.79. The van der Waals surface area contributed by atoms with Gasteiger partial charge in [-0.1, -0.05) is 60.7 Å². The highest BCUT2D eigenvalue weighted by Crippen LogP contribution is 2.14. The van der Waals surface area contributed by atoms with Crippen molar-refractivity contribution >= 4 is 10.0 Å². The van der Waals surface area contributed by atoms with Gasteiger partial charge >= 0.3 is 0 Å². The highest BCUT2D eigenvalue weighted by atomic mass is 32.2. The molecule has 4 nitrogen and oxygen atoms in total. The van der Waals surface area contributed by atoms with E-state index in [-0.39, 0.29) is 12.3 Å². The molecule has 0 bridgehead atoms. The van der Waals surface area contributed by atoms with Crippen LogP contribution in [0.5, 0.6) is 0 Å². The van der Waals surface area contributed by atoms with Crippen LogP contribution in [0.1, 0.15) is 24.5 Å². The zero-order valence-corrected chi connectivity index (χ0v) is 14.8. The van der Waals surface area contributed by atoms with Crippen LogP contribution in [-0.2, 0) is 22.9 Å². The van der Waals surface area contributed by atoms with Gasteiger partial charge in [-0.3, -0.25) is 0 Å². The van der Waals surface area contributed by atoms with Crippen molar-refractivity contribution in [1.29, 1.82) is 0 Å². The number of aryl methyl sites for hydroxylation is 2. The van der Waals surface area contributed by atoms with Crippen molar-refractivity contribution in [1.82, 2.24) is 4.72 Å². The van der Waals surface area contributed by atoms with Crippen molar-refractivity contribution in [2.45, 2.75) is 31.8 Å². The minimum atomic E-state index is -3.41. The number of aliphatic hydroxyl groups is 1. The molecule has 0 aliphatic carbocycles. The van der Waals surface area contributed by atoms with Gasteiger partial charge in [-0.15, -0.1) is 0 Å². The summed E-state index contributed by atoms with van der Waals surface area (Å²) in [6.07, 6.45) is 1.67. The van der Waals surface area contributed by atoms with E-state index < -0.39 is 15.6 Å². The molecule has 2 rings (SSSR count). The number of sulfonamides is 1. The predicted octanol–water partition coefficient (Wildman–Crippen LogP) is 2.53. The van der Waals surface area contributed by atoms with Gasteiger partial charge in [-0.25, -0.2) is 13.1 Å². The Kier molecular flexibility index (Phi) is 6.54. The Morgan fingerprint density at radius 1 is 0.917 bits per heavy atom. The van der Waals surface area contributed by atoms with Crippen LogP contribution in [0.15, 0.2) is 60.7 Å². The van der Waals surface area contributed by atoms with Gasteiger partial charge in [0.1, 0.15) is 0 Å². The van der Waals surface area contributed by atoms with E-state index in [0.717, 1.165) is 11.1 Å². The number of hydrogen-bond acceptors (Lipinski definition) is 3. The lowest BCUT2D eigenvalue weighted by Crippen LogP contribution is -2.41. The quantitative estimate of drug-likeness (QED) is 0.732. The first-order valence-electron chi connectivity index (χ1n) is 8.14. The molecule has 0 amide bonds. The van der Waals surface area contributed by atoms with Gasteiger partial charge in [0.2, 0.25) is 10.0 Å². The largest absolute Gasteiger partial charge is 0.389 e. The second kappa shape index (κ2) is 8.42. The molecule has 0 aromatic heterocycles. The number of nitrogens with one attached hydrogen (secondary N) is 1.